The van der Waals surface area contributed by atoms with Gasteiger partial charge in [-0.05, 0) is 41.0 Å². The predicted octanol–water partition coefficient (Wildman–Crippen LogP) is 4.33. The quantitative estimate of drug-likeness (QED) is 0.776. The van der Waals surface area contributed by atoms with Gasteiger partial charge < -0.3 is 5.32 Å². The Morgan fingerprint density at radius 1 is 0.957 bits per heavy atom. The number of nitrogens with zero attached hydrogens (tertiary/aromatic N) is 1. The number of hydrogen-bond acceptors (Lipinski definition) is 2. The zero-order chi connectivity index (χ0) is 16.1. The average Bonchev–Trinajstić information content (AvgIpc) is 2.62. The van der Waals surface area contributed by atoms with Gasteiger partial charge in [-0.25, -0.2) is 0 Å². The molecule has 0 radical (unpaired) electrons. The summed E-state index contributed by atoms with van der Waals surface area (Å²) in [5, 5.41) is 3.53. The van der Waals surface area contributed by atoms with Gasteiger partial charge in [0.25, 0.3) is 5.91 Å². The van der Waals surface area contributed by atoms with Gasteiger partial charge in [-0.3, -0.25) is 9.78 Å². The Morgan fingerprint density at radius 2 is 1.74 bits per heavy atom. The fraction of sp³-hybridized carbons (Fsp3) is 0.0526. The lowest BCUT2D eigenvalue weighted by Gasteiger charge is -2.08. The van der Waals surface area contributed by atoms with Crippen molar-refractivity contribution in [1.29, 1.82) is 0 Å². The van der Waals surface area contributed by atoms with Gasteiger partial charge in [-0.1, -0.05) is 48.0 Å². The first-order chi connectivity index (χ1) is 11.2. The van der Waals surface area contributed by atoms with Gasteiger partial charge in [0.15, 0.2) is 0 Å². The predicted molar refractivity (Wildman–Crippen MR) is 92.3 cm³/mol. The lowest BCUT2D eigenvalue weighted by molar-refractivity contribution is 0.0951. The van der Waals surface area contributed by atoms with Gasteiger partial charge in [-0.2, -0.15) is 0 Å². The van der Waals surface area contributed by atoms with Crippen LogP contribution in [0.2, 0.25) is 5.02 Å². The van der Waals surface area contributed by atoms with Gasteiger partial charge in [0, 0.05) is 29.5 Å². The number of rotatable bonds is 4. The van der Waals surface area contributed by atoms with Crippen LogP contribution in [0.3, 0.4) is 0 Å². The molecule has 3 aromatic rings. The topological polar surface area (TPSA) is 42.0 Å². The van der Waals surface area contributed by atoms with Crippen LogP contribution in [0.5, 0.6) is 0 Å². The van der Waals surface area contributed by atoms with E-state index >= 15 is 0 Å². The Balaban J connectivity index is 1.67. The maximum absolute atomic E-state index is 12.2. The summed E-state index contributed by atoms with van der Waals surface area (Å²) in [6.07, 6.45) is 3.53. The monoisotopic (exact) mass is 322 g/mol. The minimum atomic E-state index is -0.123. The van der Waals surface area contributed by atoms with Crippen molar-refractivity contribution >= 4 is 17.5 Å². The molecule has 0 spiro atoms. The number of carbonyl (C=O) groups is 1. The largest absolute Gasteiger partial charge is 0.348 e. The van der Waals surface area contributed by atoms with E-state index in [4.69, 9.17) is 11.6 Å². The minimum Gasteiger partial charge on any atom is -0.348 e. The Morgan fingerprint density at radius 3 is 2.43 bits per heavy atom. The van der Waals surface area contributed by atoms with E-state index in [-0.39, 0.29) is 5.91 Å². The molecule has 0 saturated carbocycles. The Kier molecular flexibility index (Phi) is 4.69. The van der Waals surface area contributed by atoms with E-state index in [9.17, 15) is 4.79 Å². The second-order valence-electron chi connectivity index (χ2n) is 5.09. The first-order valence-electron chi connectivity index (χ1n) is 7.26. The molecule has 0 aliphatic heterocycles. The van der Waals surface area contributed by atoms with Crippen LogP contribution in [-0.4, -0.2) is 10.9 Å². The Hall–Kier alpha value is -2.65. The summed E-state index contributed by atoms with van der Waals surface area (Å²) in [6.45, 7) is 0.406. The third kappa shape index (κ3) is 3.76. The molecule has 3 rings (SSSR count). The summed E-state index contributed by atoms with van der Waals surface area (Å²) in [5.41, 5.74) is 3.57. The number of halogens is 1. The fourth-order valence-corrected chi connectivity index (χ4v) is 2.47. The van der Waals surface area contributed by atoms with Gasteiger partial charge in [0.1, 0.15) is 0 Å². The first-order valence-corrected chi connectivity index (χ1v) is 7.64. The zero-order valence-corrected chi connectivity index (χ0v) is 13.1. The normalized spacial score (nSPS) is 10.3. The highest BCUT2D eigenvalue weighted by molar-refractivity contribution is 6.31. The van der Waals surface area contributed by atoms with Gasteiger partial charge in [0.05, 0.1) is 0 Å². The van der Waals surface area contributed by atoms with Crippen molar-refractivity contribution in [1.82, 2.24) is 10.3 Å². The van der Waals surface area contributed by atoms with Crippen LogP contribution in [0.4, 0.5) is 0 Å². The van der Waals surface area contributed by atoms with E-state index in [0.717, 1.165) is 16.7 Å². The van der Waals surface area contributed by atoms with Crippen molar-refractivity contribution in [2.24, 2.45) is 0 Å². The smallest absolute Gasteiger partial charge is 0.251 e. The van der Waals surface area contributed by atoms with Gasteiger partial charge in [0.2, 0.25) is 0 Å². The Bertz CT molecular complexity index is 801. The molecule has 0 unspecified atom stereocenters. The van der Waals surface area contributed by atoms with Crippen molar-refractivity contribution in [3.8, 4) is 11.1 Å². The van der Waals surface area contributed by atoms with Crippen LogP contribution >= 0.6 is 11.6 Å². The second kappa shape index (κ2) is 7.07. The highest BCUT2D eigenvalue weighted by atomic mass is 35.5. The SMILES string of the molecule is O=C(NCc1ccccc1Cl)c1ccc(-c2cccnc2)cc1. The number of benzene rings is 2. The average molecular weight is 323 g/mol. The molecule has 1 aromatic heterocycles. The van der Waals surface area contributed by atoms with Crippen LogP contribution in [0.15, 0.2) is 73.1 Å². The van der Waals surface area contributed by atoms with E-state index in [2.05, 4.69) is 10.3 Å². The molecule has 0 bridgehead atoms. The molecule has 0 atom stereocenters. The lowest BCUT2D eigenvalue weighted by atomic mass is 10.1. The maximum atomic E-state index is 12.2. The molecule has 0 aliphatic rings. The number of nitrogens with one attached hydrogen (secondary N) is 1. The van der Waals surface area contributed by atoms with Crippen LogP contribution < -0.4 is 5.32 Å². The van der Waals surface area contributed by atoms with Gasteiger partial charge >= 0.3 is 0 Å². The molecular weight excluding hydrogens is 308 g/mol. The summed E-state index contributed by atoms with van der Waals surface area (Å²) >= 11 is 6.09. The van der Waals surface area contributed by atoms with E-state index in [0.29, 0.717) is 17.1 Å². The van der Waals surface area contributed by atoms with E-state index < -0.39 is 0 Å². The molecule has 1 N–H and O–H groups in total. The maximum Gasteiger partial charge on any atom is 0.251 e. The van der Waals surface area contributed by atoms with Crippen LogP contribution in [0, 0.1) is 0 Å². The number of carbonyl (C=O) groups excluding carboxylic acids is 1. The molecular formula is C19H15ClN2O. The summed E-state index contributed by atoms with van der Waals surface area (Å²) in [5.74, 6) is -0.123. The van der Waals surface area contributed by atoms with E-state index in [1.165, 1.54) is 0 Å². The number of hydrogen-bond donors (Lipinski definition) is 1. The minimum absolute atomic E-state index is 0.123. The first kappa shape index (κ1) is 15.3. The second-order valence-corrected chi connectivity index (χ2v) is 5.50. The third-order valence-electron chi connectivity index (χ3n) is 3.54. The molecule has 4 heteroatoms. The fourth-order valence-electron chi connectivity index (χ4n) is 2.27. The van der Waals surface area contributed by atoms with Crippen molar-refractivity contribution in [2.75, 3.05) is 0 Å². The molecule has 114 valence electrons. The number of pyridine rings is 1. The number of aromatic nitrogens is 1. The molecule has 3 nitrogen and oxygen atoms in total. The lowest BCUT2D eigenvalue weighted by Crippen LogP contribution is -2.22. The van der Waals surface area contributed by atoms with Crippen molar-refractivity contribution < 1.29 is 4.79 Å². The number of amides is 1. The highest BCUT2D eigenvalue weighted by Gasteiger charge is 2.07. The van der Waals surface area contributed by atoms with Crippen molar-refractivity contribution in [2.45, 2.75) is 6.54 Å². The summed E-state index contributed by atoms with van der Waals surface area (Å²) in [6, 6.07) is 18.8. The van der Waals surface area contributed by atoms with Crippen molar-refractivity contribution in [3.63, 3.8) is 0 Å². The molecule has 2 aromatic carbocycles. The van der Waals surface area contributed by atoms with Crippen LogP contribution in [-0.2, 0) is 6.54 Å². The highest BCUT2D eigenvalue weighted by Crippen LogP contribution is 2.19. The molecule has 0 fully saturated rings. The zero-order valence-electron chi connectivity index (χ0n) is 12.4. The summed E-state index contributed by atoms with van der Waals surface area (Å²) in [7, 11) is 0. The van der Waals surface area contributed by atoms with E-state index in [1.54, 1.807) is 12.4 Å². The standard InChI is InChI=1S/C19H15ClN2O/c20-18-6-2-1-4-17(18)13-22-19(23)15-9-7-14(8-10-15)16-5-3-11-21-12-16/h1-12H,13H2,(H,22,23). The van der Waals surface area contributed by atoms with Crippen molar-refractivity contribution in [3.05, 3.63) is 89.2 Å². The summed E-state index contributed by atoms with van der Waals surface area (Å²) in [4.78, 5) is 16.3. The molecule has 1 heterocycles. The third-order valence-corrected chi connectivity index (χ3v) is 3.91. The molecule has 23 heavy (non-hydrogen) atoms. The van der Waals surface area contributed by atoms with Crippen LogP contribution in [0.25, 0.3) is 11.1 Å². The molecule has 1 amide bonds. The molecule has 0 saturated heterocycles. The summed E-state index contributed by atoms with van der Waals surface area (Å²) < 4.78 is 0. The van der Waals surface area contributed by atoms with Crippen LogP contribution in [0.1, 0.15) is 15.9 Å². The van der Waals surface area contributed by atoms with Gasteiger partial charge in [-0.15, -0.1) is 0 Å². The molecule has 0 aliphatic carbocycles. The Labute approximate surface area is 140 Å². The van der Waals surface area contributed by atoms with E-state index in [1.807, 2.05) is 60.7 Å².